The minimum Gasteiger partial charge on any atom is -0.497 e. The van der Waals surface area contributed by atoms with Gasteiger partial charge in [0, 0.05) is 16.8 Å². The van der Waals surface area contributed by atoms with E-state index < -0.39 is 27.9 Å². The maximum absolute atomic E-state index is 12.6. The molecule has 0 saturated heterocycles. The van der Waals surface area contributed by atoms with Crippen LogP contribution in [0, 0.1) is 11.8 Å². The highest BCUT2D eigenvalue weighted by molar-refractivity contribution is 7.89. The van der Waals surface area contributed by atoms with Gasteiger partial charge >= 0.3 is 5.97 Å². The van der Waals surface area contributed by atoms with E-state index in [4.69, 9.17) is 9.47 Å². The van der Waals surface area contributed by atoms with Gasteiger partial charge in [0.05, 0.1) is 30.7 Å². The third kappa shape index (κ3) is 6.93. The van der Waals surface area contributed by atoms with Crippen molar-refractivity contribution in [3.05, 3.63) is 89.5 Å². The Balaban J connectivity index is 1.68. The third-order valence-electron chi connectivity index (χ3n) is 4.86. The van der Waals surface area contributed by atoms with Gasteiger partial charge in [-0.25, -0.2) is 13.2 Å². The average molecular weight is 493 g/mol. The molecule has 3 rings (SSSR count). The topological polar surface area (TPSA) is 111 Å². The first-order valence-electron chi connectivity index (χ1n) is 10.5. The maximum Gasteiger partial charge on any atom is 0.337 e. The zero-order valence-corrected chi connectivity index (χ0v) is 20.2. The Bertz CT molecular complexity index is 1390. The van der Waals surface area contributed by atoms with Crippen LogP contribution in [0.2, 0.25) is 0 Å². The van der Waals surface area contributed by atoms with Crippen LogP contribution in [0.1, 0.15) is 28.4 Å². The van der Waals surface area contributed by atoms with Crippen LogP contribution in [-0.4, -0.2) is 40.6 Å². The van der Waals surface area contributed by atoms with Crippen LogP contribution in [0.5, 0.6) is 5.75 Å². The summed E-state index contributed by atoms with van der Waals surface area (Å²) in [5.74, 6) is 5.50. The maximum atomic E-state index is 12.6. The van der Waals surface area contributed by atoms with Crippen molar-refractivity contribution >= 4 is 27.6 Å². The second kappa shape index (κ2) is 11.3. The fourth-order valence-electron chi connectivity index (χ4n) is 3.02. The van der Waals surface area contributed by atoms with E-state index in [1.54, 1.807) is 48.5 Å². The number of esters is 1. The van der Waals surface area contributed by atoms with E-state index in [-0.39, 0.29) is 4.90 Å². The molecule has 0 unspecified atom stereocenters. The predicted octanol–water partition coefficient (Wildman–Crippen LogP) is 3.19. The van der Waals surface area contributed by atoms with Gasteiger partial charge in [0.2, 0.25) is 15.9 Å². The number of carbonyl (C=O) groups is 2. The summed E-state index contributed by atoms with van der Waals surface area (Å²) in [7, 11) is -1.11. The first-order valence-corrected chi connectivity index (χ1v) is 12.0. The summed E-state index contributed by atoms with van der Waals surface area (Å²) in [6.45, 7) is 1.45. The average Bonchev–Trinajstić information content (AvgIpc) is 2.87. The first-order chi connectivity index (χ1) is 16.7. The fraction of sp³-hybridized carbons (Fsp3) is 0.154. The number of methoxy groups -OCH3 is 2. The summed E-state index contributed by atoms with van der Waals surface area (Å²) in [5, 5.41) is 2.69. The Morgan fingerprint density at radius 3 is 2.14 bits per heavy atom. The van der Waals surface area contributed by atoms with Crippen molar-refractivity contribution in [2.75, 3.05) is 19.5 Å². The van der Waals surface area contributed by atoms with Gasteiger partial charge in [-0.3, -0.25) is 4.79 Å². The summed E-state index contributed by atoms with van der Waals surface area (Å²) >= 11 is 0. The zero-order valence-electron chi connectivity index (χ0n) is 19.4. The van der Waals surface area contributed by atoms with Crippen LogP contribution in [0.4, 0.5) is 5.69 Å². The molecule has 3 aromatic carbocycles. The van der Waals surface area contributed by atoms with Crippen molar-refractivity contribution in [2.45, 2.75) is 17.9 Å². The quantitative estimate of drug-likeness (QED) is 0.387. The number of anilines is 1. The lowest BCUT2D eigenvalue weighted by atomic mass is 10.1. The normalized spacial score (nSPS) is 11.5. The van der Waals surface area contributed by atoms with Gasteiger partial charge in [-0.05, 0) is 67.6 Å². The molecule has 0 aliphatic carbocycles. The monoisotopic (exact) mass is 492 g/mol. The van der Waals surface area contributed by atoms with Crippen molar-refractivity contribution in [1.82, 2.24) is 4.72 Å². The van der Waals surface area contributed by atoms with Gasteiger partial charge < -0.3 is 14.8 Å². The number of nitrogens with one attached hydrogen (secondary N) is 2. The molecule has 0 bridgehead atoms. The molecule has 9 heteroatoms. The summed E-state index contributed by atoms with van der Waals surface area (Å²) in [6, 6.07) is 18.4. The number of carbonyl (C=O) groups excluding carboxylic acids is 2. The van der Waals surface area contributed by atoms with Crippen molar-refractivity contribution in [3.8, 4) is 17.6 Å². The number of rotatable bonds is 7. The Kier molecular flexibility index (Phi) is 8.25. The smallest absolute Gasteiger partial charge is 0.337 e. The number of hydrogen-bond acceptors (Lipinski definition) is 6. The molecule has 8 nitrogen and oxygen atoms in total. The highest BCUT2D eigenvalue weighted by Gasteiger charge is 2.22. The molecule has 35 heavy (non-hydrogen) atoms. The van der Waals surface area contributed by atoms with E-state index in [1.165, 1.54) is 45.4 Å². The van der Waals surface area contributed by atoms with Crippen molar-refractivity contribution in [2.24, 2.45) is 0 Å². The molecule has 2 N–H and O–H groups in total. The molecule has 0 aliphatic heterocycles. The van der Waals surface area contributed by atoms with Crippen LogP contribution in [0.3, 0.4) is 0 Å². The fourth-order valence-corrected chi connectivity index (χ4v) is 4.22. The van der Waals surface area contributed by atoms with Crippen molar-refractivity contribution in [3.63, 3.8) is 0 Å². The van der Waals surface area contributed by atoms with E-state index in [0.29, 0.717) is 28.1 Å². The molecule has 0 spiro atoms. The van der Waals surface area contributed by atoms with Crippen LogP contribution in [0.15, 0.2) is 77.7 Å². The molecular formula is C26H24N2O6S. The van der Waals surface area contributed by atoms with Crippen LogP contribution < -0.4 is 14.8 Å². The molecule has 0 aliphatic rings. The Labute approximate surface area is 204 Å². The summed E-state index contributed by atoms with van der Waals surface area (Å²) in [4.78, 5) is 24.3. The largest absolute Gasteiger partial charge is 0.497 e. The van der Waals surface area contributed by atoms with Crippen LogP contribution in [-0.2, 0) is 19.6 Å². The van der Waals surface area contributed by atoms with E-state index in [9.17, 15) is 18.0 Å². The molecule has 1 atom stereocenters. The summed E-state index contributed by atoms with van der Waals surface area (Å²) in [5.41, 5.74) is 2.11. The molecule has 0 heterocycles. The second-order valence-corrected chi connectivity index (χ2v) is 9.12. The van der Waals surface area contributed by atoms with Gasteiger partial charge in [-0.2, -0.15) is 4.72 Å². The Hall–Kier alpha value is -4.13. The van der Waals surface area contributed by atoms with Gasteiger partial charge in [-0.15, -0.1) is 0 Å². The van der Waals surface area contributed by atoms with Crippen molar-refractivity contribution in [1.29, 1.82) is 0 Å². The van der Waals surface area contributed by atoms with Gasteiger partial charge in [0.1, 0.15) is 5.75 Å². The van der Waals surface area contributed by atoms with Gasteiger partial charge in [-0.1, -0.05) is 24.0 Å². The number of hydrogen-bond donors (Lipinski definition) is 2. The predicted molar refractivity (Wildman–Crippen MR) is 132 cm³/mol. The van der Waals surface area contributed by atoms with E-state index in [1.807, 2.05) is 0 Å². The van der Waals surface area contributed by atoms with Crippen molar-refractivity contribution < 1.29 is 27.5 Å². The zero-order chi connectivity index (χ0) is 25.4. The third-order valence-corrected chi connectivity index (χ3v) is 6.42. The summed E-state index contributed by atoms with van der Waals surface area (Å²) in [6.07, 6.45) is 0. The van der Waals surface area contributed by atoms with Gasteiger partial charge in [0.15, 0.2) is 0 Å². The lowest BCUT2D eigenvalue weighted by molar-refractivity contribution is -0.117. The van der Waals surface area contributed by atoms with E-state index in [2.05, 4.69) is 21.9 Å². The molecule has 0 saturated carbocycles. The molecule has 1 amide bonds. The van der Waals surface area contributed by atoms with E-state index >= 15 is 0 Å². The van der Waals surface area contributed by atoms with E-state index in [0.717, 1.165) is 0 Å². The standard InChI is InChI=1S/C26H24N2O6S/c1-18(28-35(31,32)24-14-12-23(33-2)13-15-24)25(29)27-22-9-5-7-20(17-22)11-10-19-6-4-8-21(16-19)26(30)34-3/h4-9,12-18,28H,1-3H3,(H,27,29)/t18-/m0/s1. The lowest BCUT2D eigenvalue weighted by Crippen LogP contribution is -2.41. The SMILES string of the molecule is COC(=O)c1cccc(C#Cc2cccc(NC(=O)[C@H](C)NS(=O)(=O)c3ccc(OC)cc3)c2)c1. The lowest BCUT2D eigenvalue weighted by Gasteiger charge is -2.15. The Morgan fingerprint density at radius 1 is 0.886 bits per heavy atom. The summed E-state index contributed by atoms with van der Waals surface area (Å²) < 4.78 is 37.3. The highest BCUT2D eigenvalue weighted by Crippen LogP contribution is 2.16. The minimum absolute atomic E-state index is 0.0199. The Morgan fingerprint density at radius 2 is 1.51 bits per heavy atom. The van der Waals surface area contributed by atoms with Gasteiger partial charge in [0.25, 0.3) is 0 Å². The molecule has 0 fully saturated rings. The van der Waals surface area contributed by atoms with Crippen LogP contribution in [0.25, 0.3) is 0 Å². The number of ether oxygens (including phenoxy) is 2. The number of amides is 1. The highest BCUT2D eigenvalue weighted by atomic mass is 32.2. The molecular weight excluding hydrogens is 468 g/mol. The number of sulfonamides is 1. The molecule has 180 valence electrons. The molecule has 0 aromatic heterocycles. The molecule has 3 aromatic rings. The first kappa shape index (κ1) is 25.5. The second-order valence-electron chi connectivity index (χ2n) is 7.41. The molecule has 0 radical (unpaired) electrons. The number of benzene rings is 3. The minimum atomic E-state index is -3.90. The van der Waals surface area contributed by atoms with Crippen LogP contribution >= 0.6 is 0 Å².